The number of benzene rings is 2. The first-order chi connectivity index (χ1) is 12.7. The molecule has 0 saturated heterocycles. The summed E-state index contributed by atoms with van der Waals surface area (Å²) in [4.78, 5) is 15.1. The Morgan fingerprint density at radius 1 is 0.893 bits per heavy atom. The van der Waals surface area contributed by atoms with Gasteiger partial charge in [-0.2, -0.15) is 0 Å². The Kier molecular flexibility index (Phi) is 9.10. The number of ketones is 1. The van der Waals surface area contributed by atoms with Gasteiger partial charge >= 0.3 is 68.3 Å². The van der Waals surface area contributed by atoms with Crippen LogP contribution in [0.25, 0.3) is 10.7 Å². The third kappa shape index (κ3) is 13.2. The van der Waals surface area contributed by atoms with Crippen molar-refractivity contribution < 1.29 is 9.53 Å². The summed E-state index contributed by atoms with van der Waals surface area (Å²) < 4.78 is 5.42. The van der Waals surface area contributed by atoms with Gasteiger partial charge in [0.25, 0.3) is 0 Å². The van der Waals surface area contributed by atoms with Crippen LogP contribution in [-0.2, 0) is 4.74 Å². The van der Waals surface area contributed by atoms with Crippen molar-refractivity contribution in [3.05, 3.63) is 83.0 Å². The number of Topliss-reactive ketones (excluding diaryl/α,β-unsaturated/α-hetero) is 1. The maximum atomic E-state index is 12.1. The Morgan fingerprint density at radius 2 is 1.29 bits per heavy atom. The van der Waals surface area contributed by atoms with Gasteiger partial charge < -0.3 is 4.74 Å². The summed E-state index contributed by atoms with van der Waals surface area (Å²) in [6, 6.07) is 17.6. The van der Waals surface area contributed by atoms with Crippen molar-refractivity contribution >= 4 is 85.3 Å². The molecule has 0 spiro atoms. The molecule has 28 heavy (non-hydrogen) atoms. The van der Waals surface area contributed by atoms with E-state index in [9.17, 15) is 4.79 Å². The molecule has 12 heteroatoms. The van der Waals surface area contributed by atoms with Crippen LogP contribution in [0.15, 0.2) is 66.9 Å². The Bertz CT molecular complexity index is 869. The van der Waals surface area contributed by atoms with E-state index < -0.39 is 14.7 Å². The van der Waals surface area contributed by atoms with Crippen molar-refractivity contribution in [2.24, 2.45) is 0 Å². The number of hydrogen-bond acceptors (Lipinski definition) is 3. The van der Waals surface area contributed by atoms with E-state index in [0.717, 1.165) is 6.20 Å². The molecule has 0 amide bonds. The fourth-order valence-corrected chi connectivity index (χ4v) is 1.95. The molecule has 2 rings (SSSR count). The summed E-state index contributed by atoms with van der Waals surface area (Å²) in [7, 11) is 25.0. The summed E-state index contributed by atoms with van der Waals surface area (Å²) >= 11 is 6.01. The van der Waals surface area contributed by atoms with E-state index in [1.807, 2.05) is 6.07 Å². The zero-order valence-electron chi connectivity index (χ0n) is 13.7. The molecule has 0 bridgehead atoms. The van der Waals surface area contributed by atoms with Gasteiger partial charge in [0.2, 0.25) is 22.5 Å². The topological polar surface area (TPSA) is 54.4 Å². The number of carbonyl (C=O) groups excluding carboxylic acids is 1. The molecule has 2 aromatic rings. The Balaban J connectivity index is 0.000000480. The van der Waals surface area contributed by atoms with E-state index in [4.69, 9.17) is 74.7 Å². The molecule has 0 fully saturated rings. The molecule has 0 N–H and O–H groups in total. The van der Waals surface area contributed by atoms with Crippen LogP contribution in [0.3, 0.4) is 0 Å². The van der Waals surface area contributed by atoms with Crippen LogP contribution in [0.2, 0.25) is 0 Å². The summed E-state index contributed by atoms with van der Waals surface area (Å²) in [6.07, 6.45) is 1.10. The van der Waals surface area contributed by atoms with Gasteiger partial charge in [-0.05, 0) is 0 Å². The van der Waals surface area contributed by atoms with E-state index in [1.54, 1.807) is 54.6 Å². The van der Waals surface area contributed by atoms with Gasteiger partial charge in [0, 0.05) is 11.1 Å². The van der Waals surface area contributed by atoms with E-state index in [0.29, 0.717) is 11.1 Å². The van der Waals surface area contributed by atoms with Crippen molar-refractivity contribution in [3.63, 3.8) is 0 Å². The molecule has 1 atom stereocenters. The maximum absolute atomic E-state index is 12.1. The van der Waals surface area contributed by atoms with Crippen molar-refractivity contribution in [1.29, 1.82) is 5.39 Å². The van der Waals surface area contributed by atoms with Gasteiger partial charge in [-0.15, -0.1) is 0 Å². The van der Waals surface area contributed by atoms with Gasteiger partial charge in [0.15, 0.2) is 4.98 Å². The molecule has 0 aliphatic rings. The Hall–Kier alpha value is -0.0818. The molecule has 4 nitrogen and oxygen atoms in total. The number of ether oxygens (including phenoxy) is 1. The predicted octanol–water partition coefficient (Wildman–Crippen LogP) is 8.06. The zero-order valence-corrected chi connectivity index (χ0v) is 21.6. The quantitative estimate of drug-likeness (QED) is 0.110. The van der Waals surface area contributed by atoms with Crippen molar-refractivity contribution in [2.75, 3.05) is 0 Å². The Labute approximate surface area is 187 Å². The third-order valence-electron chi connectivity index (χ3n) is 2.73. The minimum atomic E-state index is -5.42. The number of halogens is 7. The van der Waals surface area contributed by atoms with Crippen molar-refractivity contribution in [2.45, 2.75) is 5.56 Å². The number of nitrogens with zero attached hydrogens (tertiary/aromatic N) is 2. The molecular formula is C16H12Cl7N2O2Sb. The second-order valence-corrected chi connectivity index (χ2v) is 62.4. The summed E-state index contributed by atoms with van der Waals surface area (Å²) in [6.45, 7) is 0. The SMILES string of the molecule is N#[N+]/C=C(/OC(Cl)C(=O)c1ccccc1)c1ccccc1.[Cl][Sb-]([Cl])([Cl])([Cl])([Cl])[Cl]. The summed E-state index contributed by atoms with van der Waals surface area (Å²) in [5, 5.41) is 8.71. The first kappa shape index (κ1) is 26.0. The number of alkyl halides is 1. The average Bonchev–Trinajstić information content (AvgIpc) is 2.59. The molecule has 1 unspecified atom stereocenters. The predicted molar refractivity (Wildman–Crippen MR) is 122 cm³/mol. The fraction of sp³-hybridized carbons (Fsp3) is 0.0625. The molecule has 0 aliphatic carbocycles. The van der Waals surface area contributed by atoms with E-state index in [1.165, 1.54) is 0 Å². The average molecular weight is 634 g/mol. The van der Waals surface area contributed by atoms with Crippen LogP contribution >= 0.6 is 64.6 Å². The van der Waals surface area contributed by atoms with Crippen LogP contribution in [0.5, 0.6) is 0 Å². The van der Waals surface area contributed by atoms with Gasteiger partial charge in [-0.3, -0.25) is 4.79 Å². The molecule has 2 aromatic carbocycles. The normalized spacial score (nSPS) is 15.0. The van der Waals surface area contributed by atoms with Crippen LogP contribution in [0.1, 0.15) is 15.9 Å². The Morgan fingerprint density at radius 3 is 1.68 bits per heavy atom. The van der Waals surface area contributed by atoms with E-state index >= 15 is 0 Å². The van der Waals surface area contributed by atoms with Crippen molar-refractivity contribution in [3.8, 4) is 0 Å². The molecule has 0 aliphatic heterocycles. The fourth-order valence-electron chi connectivity index (χ4n) is 1.73. The second kappa shape index (κ2) is 9.82. The van der Waals surface area contributed by atoms with Crippen LogP contribution in [0.4, 0.5) is 0 Å². The molecular weight excluding hydrogens is 622 g/mol. The zero-order chi connectivity index (χ0) is 21.5. The summed E-state index contributed by atoms with van der Waals surface area (Å²) in [5.41, 5.74) is -0.103. The molecule has 152 valence electrons. The molecule has 0 aromatic heterocycles. The second-order valence-electron chi connectivity index (χ2n) is 5.10. The number of diazo groups is 1. The van der Waals surface area contributed by atoms with Crippen LogP contribution in [-0.4, -0.2) is 20.5 Å². The van der Waals surface area contributed by atoms with Crippen LogP contribution in [0, 0.1) is 5.39 Å². The van der Waals surface area contributed by atoms with Gasteiger partial charge in [-0.1, -0.05) is 72.3 Å². The number of carbonyl (C=O) groups is 1. The standard InChI is InChI=1S/C16H12ClN2O2.6ClH.Sb/c17-16(15(20)13-9-5-2-6-10-13)21-14(11-19-18)12-7-3-1-4-8-12;;;;;;;/h1-11,16H;6*1H;/q+1;;;;;;;+5/p-6/b14-11+;;;;;;;. The minimum absolute atomic E-state index is 0.211. The molecule has 0 saturated carbocycles. The van der Waals surface area contributed by atoms with Crippen molar-refractivity contribution in [1.82, 2.24) is 0 Å². The van der Waals surface area contributed by atoms with Gasteiger partial charge in [0.1, 0.15) is 0 Å². The van der Waals surface area contributed by atoms with E-state index in [-0.39, 0.29) is 11.5 Å². The molecule has 0 heterocycles. The first-order valence-electron chi connectivity index (χ1n) is 7.23. The third-order valence-corrected chi connectivity index (χ3v) is 3.02. The first-order valence-corrected chi connectivity index (χ1v) is 27.1. The number of rotatable bonds is 5. The van der Waals surface area contributed by atoms with Gasteiger partial charge in [-0.25, -0.2) is 0 Å². The molecule has 0 radical (unpaired) electrons. The monoisotopic (exact) mass is 630 g/mol. The number of hydrogen-bond donors (Lipinski definition) is 0. The van der Waals surface area contributed by atoms with Crippen LogP contribution < -0.4 is 0 Å². The summed E-state index contributed by atoms with van der Waals surface area (Å²) in [5.74, 6) is -0.153. The van der Waals surface area contributed by atoms with Gasteiger partial charge in [0.05, 0.1) is 0 Å². The van der Waals surface area contributed by atoms with E-state index in [2.05, 4.69) is 4.98 Å².